The molecular formula is C24H23F3N4O3S2. The molecule has 1 aromatic carbocycles. The van der Waals surface area contributed by atoms with Crippen LogP contribution in [-0.4, -0.2) is 27.4 Å². The maximum Gasteiger partial charge on any atom is 0.434 e. The largest absolute Gasteiger partial charge is 0.493 e. The fourth-order valence-corrected chi connectivity index (χ4v) is 4.47. The number of benzene rings is 1. The van der Waals surface area contributed by atoms with Crippen molar-refractivity contribution in [1.29, 1.82) is 0 Å². The molecule has 190 valence electrons. The molecule has 1 N–H and O–H groups in total. The molecule has 0 aliphatic carbocycles. The first-order valence-corrected chi connectivity index (χ1v) is 12.4. The number of imidazole rings is 1. The summed E-state index contributed by atoms with van der Waals surface area (Å²) in [7, 11) is 1.52. The summed E-state index contributed by atoms with van der Waals surface area (Å²) in [6, 6.07) is 5.32. The van der Waals surface area contributed by atoms with E-state index in [1.807, 2.05) is 13.8 Å². The van der Waals surface area contributed by atoms with E-state index < -0.39 is 17.8 Å². The summed E-state index contributed by atoms with van der Waals surface area (Å²) in [5.41, 5.74) is 0.0623. The van der Waals surface area contributed by atoms with E-state index >= 15 is 0 Å². The molecule has 0 bridgehead atoms. The molecule has 0 aliphatic rings. The maximum atomic E-state index is 13.0. The van der Waals surface area contributed by atoms with Crippen molar-refractivity contribution in [2.75, 3.05) is 12.4 Å². The van der Waals surface area contributed by atoms with Gasteiger partial charge < -0.3 is 9.47 Å². The second kappa shape index (κ2) is 11.4. The number of hydrogen-bond acceptors (Lipinski definition) is 7. The molecule has 7 nitrogen and oxygen atoms in total. The number of fused-ring (bicyclic) bond motifs is 1. The number of thiazole rings is 2. The minimum atomic E-state index is -4.59. The van der Waals surface area contributed by atoms with Crippen LogP contribution >= 0.6 is 22.7 Å². The molecular weight excluding hydrogens is 513 g/mol. The summed E-state index contributed by atoms with van der Waals surface area (Å²) < 4.78 is 51.2. The fourth-order valence-electron chi connectivity index (χ4n) is 3.04. The van der Waals surface area contributed by atoms with Crippen LogP contribution < -0.4 is 14.8 Å². The monoisotopic (exact) mass is 536 g/mol. The molecule has 4 rings (SSSR count). The summed E-state index contributed by atoms with van der Waals surface area (Å²) in [4.78, 5) is 21.5. The minimum absolute atomic E-state index is 0.154. The average molecular weight is 537 g/mol. The Labute approximate surface area is 213 Å². The van der Waals surface area contributed by atoms with Gasteiger partial charge in [0.25, 0.3) is 5.91 Å². The average Bonchev–Trinajstić information content (AvgIpc) is 3.55. The first-order chi connectivity index (χ1) is 17.2. The number of aromatic nitrogens is 3. The molecule has 3 heterocycles. The summed E-state index contributed by atoms with van der Waals surface area (Å²) >= 11 is 2.00. The van der Waals surface area contributed by atoms with Gasteiger partial charge in [-0.3, -0.25) is 14.5 Å². The fraction of sp³-hybridized carbons (Fsp3) is 0.208. The molecule has 0 spiro atoms. The number of para-hydroxylation sites is 1. The second-order valence-corrected chi connectivity index (χ2v) is 8.64. The Balaban J connectivity index is 0.00000176. The predicted octanol–water partition coefficient (Wildman–Crippen LogP) is 7.24. The van der Waals surface area contributed by atoms with Gasteiger partial charge in [-0.2, -0.15) is 13.2 Å². The zero-order chi connectivity index (χ0) is 26.5. The molecule has 0 unspecified atom stereocenters. The SMILES string of the molecule is C=C(C)Oc1c(/C=C/c2nc3sccn3c2C(=O)Nc2nc(C(F)(F)F)cs2)cccc1OC.CC. The van der Waals surface area contributed by atoms with Crippen molar-refractivity contribution in [1.82, 2.24) is 14.4 Å². The van der Waals surface area contributed by atoms with Crippen LogP contribution in [-0.2, 0) is 6.18 Å². The van der Waals surface area contributed by atoms with Crippen LogP contribution in [0, 0.1) is 0 Å². The molecule has 3 aromatic heterocycles. The van der Waals surface area contributed by atoms with Crippen molar-refractivity contribution >= 4 is 50.8 Å². The van der Waals surface area contributed by atoms with Crippen LogP contribution in [0.4, 0.5) is 18.3 Å². The van der Waals surface area contributed by atoms with Crippen LogP contribution in [0.3, 0.4) is 0 Å². The van der Waals surface area contributed by atoms with Gasteiger partial charge in [0, 0.05) is 22.5 Å². The van der Waals surface area contributed by atoms with Crippen LogP contribution in [0.2, 0.25) is 0 Å². The lowest BCUT2D eigenvalue weighted by Crippen LogP contribution is -2.15. The van der Waals surface area contributed by atoms with E-state index in [1.54, 1.807) is 53.3 Å². The summed E-state index contributed by atoms with van der Waals surface area (Å²) in [5, 5.41) is 4.87. The van der Waals surface area contributed by atoms with Crippen molar-refractivity contribution in [3.8, 4) is 11.5 Å². The Morgan fingerprint density at radius 1 is 1.19 bits per heavy atom. The Hall–Kier alpha value is -3.64. The minimum Gasteiger partial charge on any atom is -0.493 e. The van der Waals surface area contributed by atoms with Gasteiger partial charge in [-0.1, -0.05) is 32.6 Å². The topological polar surface area (TPSA) is 77.8 Å². The number of amides is 1. The van der Waals surface area contributed by atoms with E-state index in [2.05, 4.69) is 21.9 Å². The van der Waals surface area contributed by atoms with Crippen LogP contribution in [0.25, 0.3) is 17.1 Å². The molecule has 0 atom stereocenters. The molecule has 12 heteroatoms. The lowest BCUT2D eigenvalue weighted by atomic mass is 10.1. The number of rotatable bonds is 7. The molecule has 0 radical (unpaired) electrons. The first-order valence-electron chi connectivity index (χ1n) is 10.7. The number of carbonyl (C=O) groups is 1. The number of anilines is 1. The summed E-state index contributed by atoms with van der Waals surface area (Å²) in [6.45, 7) is 9.46. The van der Waals surface area contributed by atoms with Gasteiger partial charge in [-0.05, 0) is 25.1 Å². The van der Waals surface area contributed by atoms with Gasteiger partial charge in [-0.15, -0.1) is 22.7 Å². The molecule has 0 saturated heterocycles. The Bertz CT molecular complexity index is 1400. The standard InChI is InChI=1S/C22H17F3N4O3S2.C2H6/c1-12(2)32-18-13(5-4-6-15(18)31-3)7-8-14-17(29-9-10-33-21(29)26-14)19(30)28-20-27-16(11-34-20)22(23,24)25;1-2/h4-11H,1H2,2-3H3,(H,27,28,30);1-2H3/b8-7+;. The number of nitrogens with zero attached hydrogens (tertiary/aromatic N) is 3. The third-order valence-corrected chi connectivity index (χ3v) is 5.96. The van der Waals surface area contributed by atoms with Gasteiger partial charge in [0.1, 0.15) is 5.69 Å². The molecule has 0 aliphatic heterocycles. The van der Waals surface area contributed by atoms with Gasteiger partial charge in [-0.25, -0.2) is 9.97 Å². The Kier molecular flexibility index (Phi) is 8.53. The number of alkyl halides is 3. The molecule has 4 aromatic rings. The summed E-state index contributed by atoms with van der Waals surface area (Å²) in [6.07, 6.45) is 0.390. The Morgan fingerprint density at radius 3 is 2.58 bits per heavy atom. The zero-order valence-electron chi connectivity index (χ0n) is 19.8. The maximum absolute atomic E-state index is 13.0. The van der Waals surface area contributed by atoms with Crippen molar-refractivity contribution < 1.29 is 27.4 Å². The van der Waals surface area contributed by atoms with E-state index in [0.717, 1.165) is 5.38 Å². The highest BCUT2D eigenvalue weighted by molar-refractivity contribution is 7.15. The number of methoxy groups -OCH3 is 1. The molecule has 36 heavy (non-hydrogen) atoms. The van der Waals surface area contributed by atoms with E-state index in [4.69, 9.17) is 9.47 Å². The van der Waals surface area contributed by atoms with Crippen LogP contribution in [0.15, 0.2) is 47.5 Å². The van der Waals surface area contributed by atoms with Crippen molar-refractivity contribution in [2.24, 2.45) is 0 Å². The normalized spacial score (nSPS) is 11.3. The quantitative estimate of drug-likeness (QED) is 0.252. The lowest BCUT2D eigenvalue weighted by Gasteiger charge is -2.12. The third-order valence-electron chi connectivity index (χ3n) is 4.45. The van der Waals surface area contributed by atoms with E-state index in [9.17, 15) is 18.0 Å². The first kappa shape index (κ1) is 27.0. The van der Waals surface area contributed by atoms with Crippen molar-refractivity contribution in [3.05, 3.63) is 70.1 Å². The highest BCUT2D eigenvalue weighted by atomic mass is 32.1. The third kappa shape index (κ3) is 5.94. The Morgan fingerprint density at radius 2 is 1.94 bits per heavy atom. The predicted molar refractivity (Wildman–Crippen MR) is 137 cm³/mol. The zero-order valence-corrected chi connectivity index (χ0v) is 21.5. The second-order valence-electron chi connectivity index (χ2n) is 6.91. The van der Waals surface area contributed by atoms with Gasteiger partial charge >= 0.3 is 6.18 Å². The van der Waals surface area contributed by atoms with E-state index in [1.165, 1.54) is 18.4 Å². The van der Waals surface area contributed by atoms with Gasteiger partial charge in [0.05, 0.1) is 18.6 Å². The summed E-state index contributed by atoms with van der Waals surface area (Å²) in [5.74, 6) is 0.766. The number of carbonyl (C=O) groups excluding carboxylic acids is 1. The molecule has 1 amide bonds. The highest BCUT2D eigenvalue weighted by Crippen LogP contribution is 2.34. The number of nitrogens with one attached hydrogen (secondary N) is 1. The van der Waals surface area contributed by atoms with Crippen LogP contribution in [0.1, 0.15) is 48.2 Å². The van der Waals surface area contributed by atoms with E-state index in [0.29, 0.717) is 44.8 Å². The lowest BCUT2D eigenvalue weighted by molar-refractivity contribution is -0.140. The van der Waals surface area contributed by atoms with Gasteiger partial charge in [0.2, 0.25) is 0 Å². The van der Waals surface area contributed by atoms with E-state index in [-0.39, 0.29) is 10.8 Å². The highest BCUT2D eigenvalue weighted by Gasteiger charge is 2.34. The van der Waals surface area contributed by atoms with Crippen molar-refractivity contribution in [2.45, 2.75) is 26.9 Å². The molecule has 0 fully saturated rings. The van der Waals surface area contributed by atoms with Gasteiger partial charge in [0.15, 0.2) is 27.3 Å². The van der Waals surface area contributed by atoms with Crippen molar-refractivity contribution in [3.63, 3.8) is 0 Å². The number of hydrogen-bond donors (Lipinski definition) is 1. The smallest absolute Gasteiger partial charge is 0.434 e. The molecule has 0 saturated carbocycles. The number of ether oxygens (including phenoxy) is 2. The number of allylic oxidation sites excluding steroid dienone is 1. The number of halogens is 3. The van der Waals surface area contributed by atoms with Crippen LogP contribution in [0.5, 0.6) is 11.5 Å².